The van der Waals surface area contributed by atoms with E-state index in [1.54, 1.807) is 24.3 Å². The highest BCUT2D eigenvalue weighted by Gasteiger charge is 2.18. The predicted molar refractivity (Wildman–Crippen MR) is 94.3 cm³/mol. The Morgan fingerprint density at radius 1 is 1.21 bits per heavy atom. The van der Waals surface area contributed by atoms with E-state index >= 15 is 0 Å². The third-order valence-corrected chi connectivity index (χ3v) is 4.00. The van der Waals surface area contributed by atoms with Gasteiger partial charge >= 0.3 is 6.03 Å². The second kappa shape index (κ2) is 8.12. The maximum absolute atomic E-state index is 13.1. The molecule has 2 aromatic carbocycles. The summed E-state index contributed by atoms with van der Waals surface area (Å²) in [6, 6.07) is 9.67. The Kier molecular flexibility index (Phi) is 6.16. The normalized spacial score (nSPS) is 11.6. The molecule has 0 heterocycles. The average molecular weight is 415 g/mol. The van der Waals surface area contributed by atoms with Gasteiger partial charge in [-0.25, -0.2) is 9.18 Å². The van der Waals surface area contributed by atoms with Crippen LogP contribution in [0.15, 0.2) is 46.9 Å². The number of rotatable bonds is 5. The highest BCUT2D eigenvalue weighted by atomic mass is 79.9. The molecule has 0 radical (unpaired) electrons. The third kappa shape index (κ3) is 5.21. The lowest BCUT2D eigenvalue weighted by molar-refractivity contribution is -0.116. The number of nitrogens with two attached hydrogens (primary N) is 1. The van der Waals surface area contributed by atoms with E-state index in [1.807, 2.05) is 0 Å². The number of anilines is 1. The van der Waals surface area contributed by atoms with Gasteiger partial charge < -0.3 is 16.4 Å². The Hall–Kier alpha value is -2.12. The topological polar surface area (TPSA) is 84.2 Å². The Morgan fingerprint density at radius 2 is 1.88 bits per heavy atom. The smallest absolute Gasteiger partial charge is 0.312 e. The van der Waals surface area contributed by atoms with Crippen LogP contribution in [0.2, 0.25) is 5.02 Å². The molecule has 0 aliphatic heterocycles. The van der Waals surface area contributed by atoms with Crippen LogP contribution in [0.25, 0.3) is 0 Å². The van der Waals surface area contributed by atoms with E-state index in [-0.39, 0.29) is 17.4 Å². The number of hydrogen-bond donors (Lipinski definition) is 3. The van der Waals surface area contributed by atoms with E-state index in [2.05, 4.69) is 26.6 Å². The molecular weight excluding hydrogens is 401 g/mol. The van der Waals surface area contributed by atoms with Crippen molar-refractivity contribution in [2.24, 2.45) is 5.73 Å². The van der Waals surface area contributed by atoms with Crippen LogP contribution in [-0.2, 0) is 4.79 Å². The molecule has 0 bridgehead atoms. The van der Waals surface area contributed by atoms with Crippen LogP contribution in [0.1, 0.15) is 18.0 Å². The zero-order chi connectivity index (χ0) is 17.7. The molecule has 0 saturated heterocycles. The van der Waals surface area contributed by atoms with E-state index in [1.165, 1.54) is 12.1 Å². The fraction of sp³-hybridized carbons (Fsp3) is 0.125. The quantitative estimate of drug-likeness (QED) is 0.691. The lowest BCUT2D eigenvalue weighted by Crippen LogP contribution is -2.35. The average Bonchev–Trinajstić information content (AvgIpc) is 2.50. The summed E-state index contributed by atoms with van der Waals surface area (Å²) in [4.78, 5) is 23.4. The number of carbonyl (C=O) groups excluding carboxylic acids is 2. The molecule has 0 aromatic heterocycles. The molecule has 0 unspecified atom stereocenters. The van der Waals surface area contributed by atoms with Crippen LogP contribution in [0.3, 0.4) is 0 Å². The molecule has 0 aliphatic carbocycles. The first kappa shape index (κ1) is 18.2. The summed E-state index contributed by atoms with van der Waals surface area (Å²) in [7, 11) is 0. The zero-order valence-corrected chi connectivity index (χ0v) is 14.7. The molecule has 8 heteroatoms. The number of hydrogen-bond acceptors (Lipinski definition) is 2. The summed E-state index contributed by atoms with van der Waals surface area (Å²) in [5.41, 5.74) is 6.26. The molecule has 1 atom stereocenters. The lowest BCUT2D eigenvalue weighted by atomic mass is 10.0. The Bertz CT molecular complexity index is 755. The van der Waals surface area contributed by atoms with Crippen LogP contribution in [0.4, 0.5) is 14.9 Å². The van der Waals surface area contributed by atoms with Crippen molar-refractivity contribution >= 4 is 45.2 Å². The zero-order valence-electron chi connectivity index (χ0n) is 12.4. The van der Waals surface area contributed by atoms with Crippen LogP contribution in [0, 0.1) is 5.82 Å². The molecule has 2 rings (SSSR count). The van der Waals surface area contributed by atoms with Crippen LogP contribution < -0.4 is 16.4 Å². The first-order valence-electron chi connectivity index (χ1n) is 6.91. The molecule has 3 amide bonds. The highest BCUT2D eigenvalue weighted by Crippen LogP contribution is 2.22. The van der Waals surface area contributed by atoms with E-state index in [9.17, 15) is 14.0 Å². The summed E-state index contributed by atoms with van der Waals surface area (Å²) >= 11 is 9.00. The van der Waals surface area contributed by atoms with Crippen molar-refractivity contribution in [1.29, 1.82) is 0 Å². The fourth-order valence-corrected chi connectivity index (χ4v) is 2.54. The number of amides is 3. The van der Waals surface area contributed by atoms with Gasteiger partial charge in [-0.1, -0.05) is 39.7 Å². The number of halogens is 3. The Labute approximate surface area is 151 Å². The summed E-state index contributed by atoms with van der Waals surface area (Å²) < 4.78 is 14.0. The first-order valence-corrected chi connectivity index (χ1v) is 8.08. The third-order valence-electron chi connectivity index (χ3n) is 3.18. The van der Waals surface area contributed by atoms with Gasteiger partial charge in [-0.05, 0) is 35.9 Å². The van der Waals surface area contributed by atoms with Gasteiger partial charge in [0.1, 0.15) is 5.82 Å². The molecule has 126 valence electrons. The predicted octanol–water partition coefficient (Wildman–Crippen LogP) is 3.98. The Morgan fingerprint density at radius 3 is 2.46 bits per heavy atom. The van der Waals surface area contributed by atoms with Crippen LogP contribution in [0.5, 0.6) is 0 Å². The minimum absolute atomic E-state index is 0.0421. The van der Waals surface area contributed by atoms with Gasteiger partial charge in [-0.2, -0.15) is 0 Å². The van der Waals surface area contributed by atoms with Crippen LogP contribution >= 0.6 is 27.5 Å². The molecule has 0 spiro atoms. The molecule has 0 fully saturated rings. The van der Waals surface area contributed by atoms with Crippen molar-refractivity contribution in [3.8, 4) is 0 Å². The summed E-state index contributed by atoms with van der Waals surface area (Å²) in [5.74, 6) is -0.947. The second-order valence-corrected chi connectivity index (χ2v) is 6.32. The molecule has 4 N–H and O–H groups in total. The van der Waals surface area contributed by atoms with Crippen molar-refractivity contribution in [2.75, 3.05) is 5.32 Å². The molecule has 5 nitrogen and oxygen atoms in total. The van der Waals surface area contributed by atoms with Crippen LogP contribution in [-0.4, -0.2) is 11.9 Å². The fourth-order valence-electron chi connectivity index (χ4n) is 2.09. The number of nitrogens with one attached hydrogen (secondary N) is 2. The maximum Gasteiger partial charge on any atom is 0.312 e. The lowest BCUT2D eigenvalue weighted by Gasteiger charge is -2.18. The van der Waals surface area contributed by atoms with Crippen molar-refractivity contribution in [2.45, 2.75) is 12.5 Å². The van der Waals surface area contributed by atoms with Crippen molar-refractivity contribution in [1.82, 2.24) is 5.32 Å². The number of benzene rings is 2. The van der Waals surface area contributed by atoms with Gasteiger partial charge in [0.25, 0.3) is 0 Å². The standard InChI is InChI=1S/C16H14BrClFN3O2/c17-10-3-1-9(2-4-10)14(22-16(20)24)8-15(23)21-11-5-6-13(19)12(18)7-11/h1-7,14H,8H2,(H,21,23)(H3,20,22,24)/t14-/m1/s1. The van der Waals surface area contributed by atoms with E-state index in [4.69, 9.17) is 17.3 Å². The van der Waals surface area contributed by atoms with Gasteiger partial charge in [0.05, 0.1) is 17.5 Å². The van der Waals surface area contributed by atoms with E-state index in [0.29, 0.717) is 5.69 Å². The molecular formula is C16H14BrClFN3O2. The van der Waals surface area contributed by atoms with Gasteiger partial charge in [-0.3, -0.25) is 4.79 Å². The minimum atomic E-state index is -0.736. The molecule has 24 heavy (non-hydrogen) atoms. The van der Waals surface area contributed by atoms with Crippen molar-refractivity contribution < 1.29 is 14.0 Å². The monoisotopic (exact) mass is 413 g/mol. The summed E-state index contributed by atoms with van der Waals surface area (Å²) in [5, 5.41) is 5.04. The van der Waals surface area contributed by atoms with Gasteiger partial charge in [0.15, 0.2) is 0 Å². The van der Waals surface area contributed by atoms with E-state index < -0.39 is 17.9 Å². The number of primary amides is 1. The largest absolute Gasteiger partial charge is 0.352 e. The van der Waals surface area contributed by atoms with Gasteiger partial charge in [0, 0.05) is 10.2 Å². The van der Waals surface area contributed by atoms with Crippen molar-refractivity contribution in [3.05, 3.63) is 63.3 Å². The SMILES string of the molecule is NC(=O)N[C@H](CC(=O)Nc1ccc(F)c(Cl)c1)c1ccc(Br)cc1. The maximum atomic E-state index is 13.1. The van der Waals surface area contributed by atoms with Gasteiger partial charge in [-0.15, -0.1) is 0 Å². The van der Waals surface area contributed by atoms with Gasteiger partial charge in [0.2, 0.25) is 5.91 Å². The van der Waals surface area contributed by atoms with Crippen molar-refractivity contribution in [3.63, 3.8) is 0 Å². The number of urea groups is 1. The molecule has 2 aromatic rings. The number of carbonyl (C=O) groups is 2. The second-order valence-electron chi connectivity index (χ2n) is 4.99. The summed E-state index contributed by atoms with van der Waals surface area (Å²) in [6.07, 6.45) is -0.0421. The molecule has 0 saturated carbocycles. The summed E-state index contributed by atoms with van der Waals surface area (Å²) in [6.45, 7) is 0. The minimum Gasteiger partial charge on any atom is -0.352 e. The highest BCUT2D eigenvalue weighted by molar-refractivity contribution is 9.10. The van der Waals surface area contributed by atoms with E-state index in [0.717, 1.165) is 16.1 Å². The molecule has 0 aliphatic rings. The Balaban J connectivity index is 2.10. The first-order chi connectivity index (χ1) is 11.3.